The maximum Gasteiger partial charge on any atom is 0.465 e. The smallest absolute Gasteiger partial charge is 0.236 e. The topological polar surface area (TPSA) is 78.4 Å². The summed E-state index contributed by atoms with van der Waals surface area (Å²) >= 11 is 0. The van der Waals surface area contributed by atoms with Crippen LogP contribution in [-0.4, -0.2) is 30.2 Å². The summed E-state index contributed by atoms with van der Waals surface area (Å²) < 4.78 is 119. The minimum atomic E-state index is -4.98. The van der Waals surface area contributed by atoms with E-state index in [1.54, 1.807) is 61.7 Å². The quantitative estimate of drug-likeness (QED) is 0.0456. The summed E-state index contributed by atoms with van der Waals surface area (Å²) in [7, 11) is 0. The number of hydrogen-bond acceptors (Lipinski definition) is 5. The number of alkyl halides is 3. The van der Waals surface area contributed by atoms with Gasteiger partial charge in [0.05, 0.1) is 16.6 Å². The van der Waals surface area contributed by atoms with Crippen molar-refractivity contribution in [2.45, 2.75) is 13.1 Å². The zero-order chi connectivity index (χ0) is 36.6. The van der Waals surface area contributed by atoms with Crippen molar-refractivity contribution in [1.82, 2.24) is 19.9 Å². The SMILES string of the molecule is Cc1cc2c(cc1-c1ncc3ccccc3n1)C(=[N+](C#N)c1c(F)c(F)c(F)c(F)c1F)c1cc(-c3ncc4ccccc4n3)c(C(F)(F)F)cc1-2. The molecule has 0 aliphatic heterocycles. The fourth-order valence-corrected chi connectivity index (χ4v) is 6.40. The highest BCUT2D eigenvalue weighted by atomic mass is 19.4. The predicted octanol–water partition coefficient (Wildman–Crippen LogP) is 9.57. The van der Waals surface area contributed by atoms with Crippen LogP contribution in [0.3, 0.4) is 0 Å². The van der Waals surface area contributed by atoms with Gasteiger partial charge in [-0.3, -0.25) is 0 Å². The number of hydrogen-bond donors (Lipinski definition) is 0. The van der Waals surface area contributed by atoms with Crippen molar-refractivity contribution in [3.05, 3.63) is 137 Å². The van der Waals surface area contributed by atoms with E-state index in [1.165, 1.54) is 24.5 Å². The second-order valence-corrected chi connectivity index (χ2v) is 11.9. The minimum absolute atomic E-state index is 0.0671. The molecule has 2 heterocycles. The number of para-hydroxylation sites is 2. The number of aryl methyl sites for hydroxylation is 1. The maximum atomic E-state index is 15.4. The second-order valence-electron chi connectivity index (χ2n) is 11.9. The molecule has 1 aliphatic carbocycles. The van der Waals surface area contributed by atoms with Gasteiger partial charge < -0.3 is 0 Å². The van der Waals surface area contributed by atoms with E-state index in [4.69, 9.17) is 0 Å². The lowest BCUT2D eigenvalue weighted by Gasteiger charge is -2.15. The Morgan fingerprint density at radius 2 is 1.08 bits per heavy atom. The predicted molar refractivity (Wildman–Crippen MR) is 174 cm³/mol. The van der Waals surface area contributed by atoms with Gasteiger partial charge in [-0.1, -0.05) is 36.4 Å². The van der Waals surface area contributed by atoms with Gasteiger partial charge in [-0.25, -0.2) is 33.1 Å². The van der Waals surface area contributed by atoms with Crippen molar-refractivity contribution in [2.24, 2.45) is 0 Å². The first kappa shape index (κ1) is 32.6. The minimum Gasteiger partial charge on any atom is -0.236 e. The van der Waals surface area contributed by atoms with Crippen molar-refractivity contribution in [1.29, 1.82) is 5.26 Å². The van der Waals surface area contributed by atoms with E-state index < -0.39 is 57.8 Å². The van der Waals surface area contributed by atoms with E-state index in [9.17, 15) is 31.6 Å². The van der Waals surface area contributed by atoms with Gasteiger partial charge in [-0.2, -0.15) is 22.0 Å². The van der Waals surface area contributed by atoms with Crippen LogP contribution >= 0.6 is 0 Å². The molecule has 0 spiro atoms. The van der Waals surface area contributed by atoms with Gasteiger partial charge in [-0.15, -0.1) is 4.58 Å². The molecule has 254 valence electrons. The Labute approximate surface area is 287 Å². The Hall–Kier alpha value is -6.62. The lowest BCUT2D eigenvalue weighted by molar-refractivity contribution is -0.345. The molecule has 6 nitrogen and oxygen atoms in total. The zero-order valence-electron chi connectivity index (χ0n) is 26.3. The standard InChI is InChI=1S/C38H17F8N6/c1-17-10-21-22-13-26(38(44,45)46)25(37-49-15-19-7-3-5-9-28(19)51-37)12-24(22)34(52(16-47)35-32(42)30(40)29(39)31(41)33(35)43)23(21)11-20(17)36-48-14-18-6-2-4-8-27(18)50-36/h2-15H,1H3/q+1. The molecule has 0 saturated carbocycles. The summed E-state index contributed by atoms with van der Waals surface area (Å²) in [5, 5.41) is 11.6. The van der Waals surface area contributed by atoms with Crippen LogP contribution in [-0.2, 0) is 6.18 Å². The van der Waals surface area contributed by atoms with Crippen LogP contribution in [0.5, 0.6) is 0 Å². The summed E-state index contributed by atoms with van der Waals surface area (Å²) in [6, 6.07) is 18.2. The third-order valence-corrected chi connectivity index (χ3v) is 8.82. The van der Waals surface area contributed by atoms with Gasteiger partial charge in [0.1, 0.15) is 0 Å². The number of benzene rings is 5. The molecule has 2 aromatic heterocycles. The number of rotatable bonds is 3. The summed E-state index contributed by atoms with van der Waals surface area (Å²) in [5.41, 5.74) is -2.50. The largest absolute Gasteiger partial charge is 0.465 e. The summed E-state index contributed by atoms with van der Waals surface area (Å²) in [6.07, 6.45) is -0.613. The third-order valence-electron chi connectivity index (χ3n) is 8.82. The van der Waals surface area contributed by atoms with Gasteiger partial charge in [-0.05, 0) is 60.0 Å². The fraction of sp³-hybridized carbons (Fsp3) is 0.0526. The highest BCUT2D eigenvalue weighted by molar-refractivity contribution is 6.23. The van der Waals surface area contributed by atoms with Gasteiger partial charge in [0.15, 0.2) is 22.6 Å². The molecular formula is C38H17F8N6+. The maximum absolute atomic E-state index is 15.4. The molecule has 0 unspecified atom stereocenters. The van der Waals surface area contributed by atoms with E-state index in [1.807, 2.05) is 0 Å². The Bertz CT molecular complexity index is 2740. The molecule has 0 N–H and O–H groups in total. The van der Waals surface area contributed by atoms with E-state index in [2.05, 4.69) is 19.9 Å². The molecule has 0 atom stereocenters. The number of fused-ring (bicyclic) bond motifs is 5. The molecule has 0 bridgehead atoms. The highest BCUT2D eigenvalue weighted by Gasteiger charge is 2.42. The first-order chi connectivity index (χ1) is 24.9. The van der Waals surface area contributed by atoms with E-state index in [0.717, 1.165) is 12.1 Å². The Morgan fingerprint density at radius 3 is 1.62 bits per heavy atom. The van der Waals surface area contributed by atoms with Gasteiger partial charge in [0.2, 0.25) is 34.8 Å². The Morgan fingerprint density at radius 1 is 0.596 bits per heavy atom. The van der Waals surface area contributed by atoms with Crippen LogP contribution in [0.15, 0.2) is 85.2 Å². The lowest BCUT2D eigenvalue weighted by atomic mass is 9.95. The molecule has 14 heteroatoms. The average Bonchev–Trinajstić information content (AvgIpc) is 3.45. The van der Waals surface area contributed by atoms with Gasteiger partial charge in [0.25, 0.3) is 0 Å². The molecule has 0 saturated heterocycles. The number of nitriles is 1. The molecule has 1 aliphatic rings. The molecular weight excluding hydrogens is 692 g/mol. The van der Waals surface area contributed by atoms with Crippen LogP contribution in [0.4, 0.5) is 40.8 Å². The van der Waals surface area contributed by atoms with Crippen molar-refractivity contribution in [2.75, 3.05) is 0 Å². The van der Waals surface area contributed by atoms with Crippen molar-refractivity contribution in [3.63, 3.8) is 0 Å². The zero-order valence-corrected chi connectivity index (χ0v) is 26.3. The molecule has 0 fully saturated rings. The molecule has 7 aromatic rings. The average molecular weight is 710 g/mol. The first-order valence-corrected chi connectivity index (χ1v) is 15.3. The summed E-state index contributed by atoms with van der Waals surface area (Å²) in [6.45, 7) is 1.64. The van der Waals surface area contributed by atoms with Crippen molar-refractivity contribution < 1.29 is 39.7 Å². The van der Waals surface area contributed by atoms with E-state index in [0.29, 0.717) is 32.9 Å². The van der Waals surface area contributed by atoms with Crippen LogP contribution in [0.2, 0.25) is 0 Å². The fourth-order valence-electron chi connectivity index (χ4n) is 6.40. The normalized spacial score (nSPS) is 13.3. The highest BCUT2D eigenvalue weighted by Crippen LogP contribution is 2.47. The first-order valence-electron chi connectivity index (χ1n) is 15.3. The number of aromatic nitrogens is 4. The van der Waals surface area contributed by atoms with Crippen LogP contribution < -0.4 is 0 Å². The van der Waals surface area contributed by atoms with Crippen molar-refractivity contribution >= 4 is 33.2 Å². The summed E-state index contributed by atoms with van der Waals surface area (Å²) in [5.74, 6) is -11.9. The molecule has 0 amide bonds. The number of halogens is 8. The summed E-state index contributed by atoms with van der Waals surface area (Å²) in [4.78, 5) is 17.5. The molecule has 52 heavy (non-hydrogen) atoms. The third kappa shape index (κ3) is 4.96. The Kier molecular flexibility index (Phi) is 7.35. The molecule has 5 aromatic carbocycles. The monoisotopic (exact) mass is 709 g/mol. The number of nitrogens with zero attached hydrogens (tertiary/aromatic N) is 6. The lowest BCUT2D eigenvalue weighted by Crippen LogP contribution is -2.18. The van der Waals surface area contributed by atoms with Crippen LogP contribution in [0, 0.1) is 47.5 Å². The molecule has 0 radical (unpaired) electrons. The van der Waals surface area contributed by atoms with Crippen LogP contribution in [0.25, 0.3) is 55.7 Å². The van der Waals surface area contributed by atoms with E-state index in [-0.39, 0.29) is 38.5 Å². The van der Waals surface area contributed by atoms with Gasteiger partial charge >= 0.3 is 12.4 Å². The van der Waals surface area contributed by atoms with E-state index >= 15 is 8.78 Å². The Balaban J connectivity index is 1.49. The van der Waals surface area contributed by atoms with Crippen LogP contribution in [0.1, 0.15) is 22.3 Å². The molecule has 8 rings (SSSR count). The second kappa shape index (κ2) is 11.7. The van der Waals surface area contributed by atoms with Gasteiger partial charge in [0, 0.05) is 45.4 Å². The van der Waals surface area contributed by atoms with Crippen molar-refractivity contribution in [3.8, 4) is 40.1 Å².